The number of amides is 1. The standard InChI is InChI=1S/C18H20N6O3/c1-11-8-12(2)23(18(26)20-11)10-17-21-16(9-15(19)25)22-24(17)13-6-4-5-7-14(13)27-3/h4-8H,9-10H2,1-3H3,(H2,19,25). The first kappa shape index (κ1) is 18.3. The van der Waals surface area contributed by atoms with Crippen molar-refractivity contribution in [3.05, 3.63) is 63.9 Å². The molecule has 0 spiro atoms. The van der Waals surface area contributed by atoms with Gasteiger partial charge < -0.3 is 10.5 Å². The van der Waals surface area contributed by atoms with Crippen molar-refractivity contribution in [3.63, 3.8) is 0 Å². The number of methoxy groups -OCH3 is 1. The van der Waals surface area contributed by atoms with Gasteiger partial charge in [-0.2, -0.15) is 10.1 Å². The molecule has 9 nitrogen and oxygen atoms in total. The van der Waals surface area contributed by atoms with Gasteiger partial charge in [0.1, 0.15) is 11.4 Å². The molecule has 1 aromatic carbocycles. The molecule has 0 atom stereocenters. The van der Waals surface area contributed by atoms with Crippen molar-refractivity contribution in [1.82, 2.24) is 24.3 Å². The fourth-order valence-electron chi connectivity index (χ4n) is 2.83. The molecule has 3 aromatic rings. The van der Waals surface area contributed by atoms with Gasteiger partial charge in [0.15, 0.2) is 11.6 Å². The Balaban J connectivity index is 2.13. The van der Waals surface area contributed by atoms with E-state index in [-0.39, 0.29) is 24.5 Å². The molecular weight excluding hydrogens is 348 g/mol. The first-order valence-electron chi connectivity index (χ1n) is 8.30. The first-order valence-corrected chi connectivity index (χ1v) is 8.30. The molecule has 1 amide bonds. The van der Waals surface area contributed by atoms with Crippen LogP contribution in [0.5, 0.6) is 5.75 Å². The van der Waals surface area contributed by atoms with E-state index in [2.05, 4.69) is 15.1 Å². The number of hydrogen-bond acceptors (Lipinski definition) is 6. The molecular formula is C18H20N6O3. The van der Waals surface area contributed by atoms with E-state index in [1.807, 2.05) is 31.2 Å². The minimum Gasteiger partial charge on any atom is -0.494 e. The molecule has 0 aliphatic carbocycles. The van der Waals surface area contributed by atoms with Crippen molar-refractivity contribution in [2.45, 2.75) is 26.8 Å². The molecule has 2 N–H and O–H groups in total. The summed E-state index contributed by atoms with van der Waals surface area (Å²) in [6.45, 7) is 3.73. The third-order valence-electron chi connectivity index (χ3n) is 4.01. The molecule has 0 fully saturated rings. The molecule has 0 bridgehead atoms. The van der Waals surface area contributed by atoms with Gasteiger partial charge in [-0.15, -0.1) is 0 Å². The molecule has 0 radical (unpaired) electrons. The van der Waals surface area contributed by atoms with Crippen LogP contribution in [0.4, 0.5) is 0 Å². The van der Waals surface area contributed by atoms with E-state index >= 15 is 0 Å². The number of nitrogens with two attached hydrogens (primary N) is 1. The van der Waals surface area contributed by atoms with Crippen molar-refractivity contribution in [2.24, 2.45) is 5.73 Å². The van der Waals surface area contributed by atoms with E-state index in [1.165, 1.54) is 4.57 Å². The maximum atomic E-state index is 12.3. The minimum atomic E-state index is -0.538. The number of para-hydroxylation sites is 2. The number of aryl methyl sites for hydroxylation is 2. The Morgan fingerprint density at radius 2 is 1.96 bits per heavy atom. The van der Waals surface area contributed by atoms with Crippen LogP contribution in [0.25, 0.3) is 5.69 Å². The van der Waals surface area contributed by atoms with E-state index in [0.29, 0.717) is 23.0 Å². The SMILES string of the molecule is COc1ccccc1-n1nc(CC(N)=O)nc1Cn1c(C)cc(C)nc1=O. The average Bonchev–Trinajstić information content (AvgIpc) is 2.99. The van der Waals surface area contributed by atoms with Gasteiger partial charge in [-0.05, 0) is 32.0 Å². The lowest BCUT2D eigenvalue weighted by atomic mass is 10.3. The van der Waals surface area contributed by atoms with Crippen LogP contribution >= 0.6 is 0 Å². The highest BCUT2D eigenvalue weighted by Gasteiger charge is 2.17. The molecule has 0 saturated heterocycles. The predicted octanol–water partition coefficient (Wildman–Crippen LogP) is 0.526. The summed E-state index contributed by atoms with van der Waals surface area (Å²) in [5.41, 5.74) is 6.94. The second kappa shape index (κ2) is 7.40. The Morgan fingerprint density at radius 3 is 2.63 bits per heavy atom. The molecule has 27 heavy (non-hydrogen) atoms. The maximum Gasteiger partial charge on any atom is 0.348 e. The van der Waals surface area contributed by atoms with Gasteiger partial charge in [-0.1, -0.05) is 12.1 Å². The second-order valence-electron chi connectivity index (χ2n) is 6.08. The average molecular weight is 368 g/mol. The highest BCUT2D eigenvalue weighted by Crippen LogP contribution is 2.23. The van der Waals surface area contributed by atoms with Crippen LogP contribution in [0.2, 0.25) is 0 Å². The molecule has 0 aliphatic rings. The molecule has 2 heterocycles. The number of primary amides is 1. The van der Waals surface area contributed by atoms with Crippen molar-refractivity contribution in [1.29, 1.82) is 0 Å². The summed E-state index contributed by atoms with van der Waals surface area (Å²) in [6, 6.07) is 9.09. The molecule has 3 rings (SSSR count). The fourth-order valence-corrected chi connectivity index (χ4v) is 2.83. The molecule has 0 saturated carbocycles. The third kappa shape index (κ3) is 3.86. The van der Waals surface area contributed by atoms with Crippen molar-refractivity contribution >= 4 is 5.91 Å². The minimum absolute atomic E-state index is 0.102. The number of aromatic nitrogens is 5. The summed E-state index contributed by atoms with van der Waals surface area (Å²) in [5, 5.41) is 4.39. The first-order chi connectivity index (χ1) is 12.9. The van der Waals surface area contributed by atoms with Crippen LogP contribution in [-0.2, 0) is 17.8 Å². The zero-order valence-electron chi connectivity index (χ0n) is 15.3. The number of carbonyl (C=O) groups is 1. The summed E-state index contributed by atoms with van der Waals surface area (Å²) >= 11 is 0. The number of nitrogens with zero attached hydrogens (tertiary/aromatic N) is 5. The van der Waals surface area contributed by atoms with E-state index < -0.39 is 5.91 Å². The van der Waals surface area contributed by atoms with E-state index in [0.717, 1.165) is 5.69 Å². The number of benzene rings is 1. The van der Waals surface area contributed by atoms with E-state index in [4.69, 9.17) is 10.5 Å². The zero-order valence-corrected chi connectivity index (χ0v) is 15.3. The summed E-state index contributed by atoms with van der Waals surface area (Å²) in [4.78, 5) is 32.0. The van der Waals surface area contributed by atoms with Gasteiger partial charge in [-0.25, -0.2) is 14.5 Å². The van der Waals surface area contributed by atoms with Gasteiger partial charge in [0.2, 0.25) is 5.91 Å². The highest BCUT2D eigenvalue weighted by molar-refractivity contribution is 5.75. The maximum absolute atomic E-state index is 12.3. The number of ether oxygens (including phenoxy) is 1. The predicted molar refractivity (Wildman–Crippen MR) is 97.9 cm³/mol. The topological polar surface area (TPSA) is 118 Å². The Labute approximate surface area is 155 Å². The van der Waals surface area contributed by atoms with E-state index in [9.17, 15) is 9.59 Å². The highest BCUT2D eigenvalue weighted by atomic mass is 16.5. The quantitative estimate of drug-likeness (QED) is 0.678. The summed E-state index contributed by atoms with van der Waals surface area (Å²) in [5.74, 6) is 0.783. The van der Waals surface area contributed by atoms with Gasteiger partial charge in [0.05, 0.1) is 20.1 Å². The largest absolute Gasteiger partial charge is 0.494 e. The zero-order chi connectivity index (χ0) is 19.6. The van der Waals surface area contributed by atoms with Gasteiger partial charge >= 0.3 is 5.69 Å². The Kier molecular flexibility index (Phi) is 5.02. The van der Waals surface area contributed by atoms with Gasteiger partial charge in [0.25, 0.3) is 0 Å². The van der Waals surface area contributed by atoms with Crippen molar-refractivity contribution in [2.75, 3.05) is 7.11 Å². The smallest absolute Gasteiger partial charge is 0.348 e. The lowest BCUT2D eigenvalue weighted by molar-refractivity contribution is -0.117. The van der Waals surface area contributed by atoms with Crippen LogP contribution in [0.3, 0.4) is 0 Å². The Bertz CT molecular complexity index is 1050. The monoisotopic (exact) mass is 368 g/mol. The molecule has 2 aromatic heterocycles. The normalized spacial score (nSPS) is 10.8. The number of rotatable bonds is 6. The lowest BCUT2D eigenvalue weighted by Crippen LogP contribution is -2.27. The third-order valence-corrected chi connectivity index (χ3v) is 4.01. The van der Waals surface area contributed by atoms with Crippen molar-refractivity contribution < 1.29 is 9.53 Å². The van der Waals surface area contributed by atoms with Crippen LogP contribution in [0.15, 0.2) is 35.1 Å². The van der Waals surface area contributed by atoms with E-state index in [1.54, 1.807) is 24.8 Å². The van der Waals surface area contributed by atoms with Gasteiger partial charge in [0, 0.05) is 11.4 Å². The van der Waals surface area contributed by atoms with Crippen LogP contribution in [0, 0.1) is 13.8 Å². The van der Waals surface area contributed by atoms with Crippen LogP contribution in [0.1, 0.15) is 23.0 Å². The van der Waals surface area contributed by atoms with Crippen LogP contribution in [-0.4, -0.2) is 37.3 Å². The molecule has 9 heteroatoms. The summed E-state index contributed by atoms with van der Waals surface area (Å²) in [6.07, 6.45) is -0.102. The molecule has 0 aliphatic heterocycles. The molecule has 0 unspecified atom stereocenters. The number of hydrogen-bond donors (Lipinski definition) is 1. The second-order valence-corrected chi connectivity index (χ2v) is 6.08. The summed E-state index contributed by atoms with van der Waals surface area (Å²) in [7, 11) is 1.55. The van der Waals surface area contributed by atoms with Crippen molar-refractivity contribution in [3.8, 4) is 11.4 Å². The summed E-state index contributed by atoms with van der Waals surface area (Å²) < 4.78 is 8.45. The molecule has 140 valence electrons. The Morgan fingerprint density at radius 1 is 1.22 bits per heavy atom. The number of carbonyl (C=O) groups excluding carboxylic acids is 1. The van der Waals surface area contributed by atoms with Crippen LogP contribution < -0.4 is 16.2 Å². The fraction of sp³-hybridized carbons (Fsp3) is 0.278. The lowest BCUT2D eigenvalue weighted by Gasteiger charge is -2.12. The van der Waals surface area contributed by atoms with Gasteiger partial charge in [-0.3, -0.25) is 9.36 Å². The Hall–Kier alpha value is -3.49.